The maximum atomic E-state index is 12.8. The molecule has 0 aliphatic heterocycles. The highest BCUT2D eigenvalue weighted by molar-refractivity contribution is 5.81. The van der Waals surface area contributed by atoms with E-state index in [-0.39, 0.29) is 23.8 Å². The number of hydrogen-bond donors (Lipinski definition) is 1. The van der Waals surface area contributed by atoms with Crippen LogP contribution in [0.5, 0.6) is 11.5 Å². The summed E-state index contributed by atoms with van der Waals surface area (Å²) in [5, 5.41) is 2.97. The van der Waals surface area contributed by atoms with Gasteiger partial charge in [-0.15, -0.1) is 0 Å². The quantitative estimate of drug-likeness (QED) is 0.612. The van der Waals surface area contributed by atoms with Crippen LogP contribution in [-0.2, 0) is 16.0 Å². The summed E-state index contributed by atoms with van der Waals surface area (Å²) in [7, 11) is 3.22. The Kier molecular flexibility index (Phi) is 9.29. The summed E-state index contributed by atoms with van der Waals surface area (Å²) in [6.45, 7) is 5.20. The van der Waals surface area contributed by atoms with Gasteiger partial charge >= 0.3 is 0 Å². The molecule has 1 unspecified atom stereocenters. The molecule has 0 aromatic heterocycles. The van der Waals surface area contributed by atoms with E-state index in [0.29, 0.717) is 37.4 Å². The number of nitrogens with one attached hydrogen (secondary N) is 1. The van der Waals surface area contributed by atoms with Gasteiger partial charge < -0.3 is 19.7 Å². The normalized spacial score (nSPS) is 15.0. The Bertz CT molecular complexity index is 671. The SMILES string of the molecule is CCC(C)N(CCC(=O)NCCc1ccc(OC)c(OC)c1)C(=O)C1CCCC1. The molecule has 2 amide bonds. The first kappa shape index (κ1) is 23.0. The third kappa shape index (κ3) is 6.65. The molecule has 1 aliphatic rings. The number of hydrogen-bond acceptors (Lipinski definition) is 4. The number of methoxy groups -OCH3 is 2. The highest BCUT2D eigenvalue weighted by Crippen LogP contribution is 2.28. The van der Waals surface area contributed by atoms with Crippen molar-refractivity contribution in [3.63, 3.8) is 0 Å². The van der Waals surface area contributed by atoms with Crippen molar-refractivity contribution in [1.29, 1.82) is 0 Å². The smallest absolute Gasteiger partial charge is 0.225 e. The van der Waals surface area contributed by atoms with E-state index in [1.807, 2.05) is 23.1 Å². The van der Waals surface area contributed by atoms with Crippen LogP contribution in [-0.4, -0.2) is 50.1 Å². The topological polar surface area (TPSA) is 67.9 Å². The Hall–Kier alpha value is -2.24. The lowest BCUT2D eigenvalue weighted by Gasteiger charge is -2.31. The Morgan fingerprint density at radius 3 is 2.48 bits per heavy atom. The number of carbonyl (C=O) groups is 2. The lowest BCUT2D eigenvalue weighted by Crippen LogP contribution is -2.43. The molecule has 1 atom stereocenters. The molecule has 2 rings (SSSR count). The fourth-order valence-electron chi connectivity index (χ4n) is 3.87. The second-order valence-electron chi connectivity index (χ2n) is 7.81. The zero-order valence-corrected chi connectivity index (χ0v) is 18.3. The van der Waals surface area contributed by atoms with Gasteiger partial charge in [0.05, 0.1) is 14.2 Å². The molecule has 0 bridgehead atoms. The molecule has 0 spiro atoms. The molecule has 1 N–H and O–H groups in total. The Labute approximate surface area is 174 Å². The number of carbonyl (C=O) groups excluding carboxylic acids is 2. The van der Waals surface area contributed by atoms with Gasteiger partial charge in [0.25, 0.3) is 0 Å². The van der Waals surface area contributed by atoms with Gasteiger partial charge in [-0.25, -0.2) is 0 Å². The van der Waals surface area contributed by atoms with Crippen LogP contribution in [0.15, 0.2) is 18.2 Å². The van der Waals surface area contributed by atoms with E-state index in [0.717, 1.165) is 37.7 Å². The lowest BCUT2D eigenvalue weighted by molar-refractivity contribution is -0.138. The minimum Gasteiger partial charge on any atom is -0.493 e. The largest absolute Gasteiger partial charge is 0.493 e. The van der Waals surface area contributed by atoms with Gasteiger partial charge in [0.2, 0.25) is 11.8 Å². The van der Waals surface area contributed by atoms with Gasteiger partial charge in [-0.3, -0.25) is 9.59 Å². The Balaban J connectivity index is 1.80. The summed E-state index contributed by atoms with van der Waals surface area (Å²) < 4.78 is 10.6. The Morgan fingerprint density at radius 1 is 1.17 bits per heavy atom. The van der Waals surface area contributed by atoms with Crippen LogP contribution < -0.4 is 14.8 Å². The van der Waals surface area contributed by atoms with E-state index in [2.05, 4.69) is 19.2 Å². The number of benzene rings is 1. The van der Waals surface area contributed by atoms with Crippen molar-refractivity contribution >= 4 is 11.8 Å². The first-order valence-corrected chi connectivity index (χ1v) is 10.8. The molecule has 1 aromatic carbocycles. The molecule has 0 saturated heterocycles. The zero-order chi connectivity index (χ0) is 21.2. The Morgan fingerprint density at radius 2 is 1.86 bits per heavy atom. The number of amides is 2. The third-order valence-electron chi connectivity index (χ3n) is 5.87. The van der Waals surface area contributed by atoms with E-state index >= 15 is 0 Å². The first-order valence-electron chi connectivity index (χ1n) is 10.8. The summed E-state index contributed by atoms with van der Waals surface area (Å²) in [5.41, 5.74) is 1.07. The van der Waals surface area contributed by atoms with Crippen molar-refractivity contribution in [1.82, 2.24) is 10.2 Å². The van der Waals surface area contributed by atoms with Gasteiger partial charge in [0, 0.05) is 31.5 Å². The fraction of sp³-hybridized carbons (Fsp3) is 0.652. The molecule has 1 aliphatic carbocycles. The molecular formula is C23H36N2O4. The monoisotopic (exact) mass is 404 g/mol. The zero-order valence-electron chi connectivity index (χ0n) is 18.3. The maximum Gasteiger partial charge on any atom is 0.225 e. The molecular weight excluding hydrogens is 368 g/mol. The minimum absolute atomic E-state index is 0.0157. The van der Waals surface area contributed by atoms with Crippen LogP contribution in [0, 0.1) is 5.92 Å². The van der Waals surface area contributed by atoms with E-state index in [1.165, 1.54) is 0 Å². The van der Waals surface area contributed by atoms with Crippen molar-refractivity contribution in [3.05, 3.63) is 23.8 Å². The standard InChI is InChI=1S/C23H36N2O4/c1-5-17(2)25(23(27)19-8-6-7-9-19)15-13-22(26)24-14-12-18-10-11-20(28-3)21(16-18)29-4/h10-11,16-17,19H,5-9,12-15H2,1-4H3,(H,24,26). The van der Waals surface area contributed by atoms with Crippen LogP contribution >= 0.6 is 0 Å². The second-order valence-corrected chi connectivity index (χ2v) is 7.81. The van der Waals surface area contributed by atoms with Crippen LogP contribution in [0.25, 0.3) is 0 Å². The molecule has 29 heavy (non-hydrogen) atoms. The van der Waals surface area contributed by atoms with E-state index in [1.54, 1.807) is 14.2 Å². The molecule has 1 fully saturated rings. The van der Waals surface area contributed by atoms with Crippen LogP contribution in [0.1, 0.15) is 57.9 Å². The van der Waals surface area contributed by atoms with Gasteiger partial charge in [0.1, 0.15) is 0 Å². The third-order valence-corrected chi connectivity index (χ3v) is 5.87. The molecule has 0 heterocycles. The van der Waals surface area contributed by atoms with Crippen LogP contribution in [0.2, 0.25) is 0 Å². The molecule has 1 saturated carbocycles. The summed E-state index contributed by atoms with van der Waals surface area (Å²) in [5.74, 6) is 1.74. The summed E-state index contributed by atoms with van der Waals surface area (Å²) in [6.07, 6.45) is 6.21. The van der Waals surface area contributed by atoms with Crippen molar-refractivity contribution in [2.75, 3.05) is 27.3 Å². The van der Waals surface area contributed by atoms with Crippen molar-refractivity contribution < 1.29 is 19.1 Å². The van der Waals surface area contributed by atoms with Gasteiger partial charge in [-0.2, -0.15) is 0 Å². The highest BCUT2D eigenvalue weighted by atomic mass is 16.5. The summed E-state index contributed by atoms with van der Waals surface area (Å²) in [4.78, 5) is 27.1. The lowest BCUT2D eigenvalue weighted by atomic mass is 10.0. The van der Waals surface area contributed by atoms with Crippen LogP contribution in [0.4, 0.5) is 0 Å². The van der Waals surface area contributed by atoms with E-state index < -0.39 is 0 Å². The van der Waals surface area contributed by atoms with Gasteiger partial charge in [-0.1, -0.05) is 25.8 Å². The van der Waals surface area contributed by atoms with E-state index in [4.69, 9.17) is 9.47 Å². The van der Waals surface area contributed by atoms with Crippen molar-refractivity contribution in [2.45, 2.75) is 64.8 Å². The fourth-order valence-corrected chi connectivity index (χ4v) is 3.87. The highest BCUT2D eigenvalue weighted by Gasteiger charge is 2.29. The molecule has 6 nitrogen and oxygen atoms in total. The predicted molar refractivity (Wildman–Crippen MR) is 114 cm³/mol. The predicted octanol–water partition coefficient (Wildman–Crippen LogP) is 3.57. The number of ether oxygens (including phenoxy) is 2. The number of nitrogens with zero attached hydrogens (tertiary/aromatic N) is 1. The number of rotatable bonds is 11. The summed E-state index contributed by atoms with van der Waals surface area (Å²) in [6, 6.07) is 5.94. The average Bonchev–Trinajstić information content (AvgIpc) is 3.28. The van der Waals surface area contributed by atoms with Crippen LogP contribution in [0.3, 0.4) is 0 Å². The molecule has 0 radical (unpaired) electrons. The van der Waals surface area contributed by atoms with Gasteiger partial charge in [0.15, 0.2) is 11.5 Å². The molecule has 6 heteroatoms. The minimum atomic E-state index is -0.0157. The van der Waals surface area contributed by atoms with Gasteiger partial charge in [-0.05, 0) is 50.3 Å². The first-order chi connectivity index (χ1) is 14.0. The second kappa shape index (κ2) is 11.7. The summed E-state index contributed by atoms with van der Waals surface area (Å²) >= 11 is 0. The maximum absolute atomic E-state index is 12.8. The van der Waals surface area contributed by atoms with Crippen molar-refractivity contribution in [2.24, 2.45) is 5.92 Å². The van der Waals surface area contributed by atoms with E-state index in [9.17, 15) is 9.59 Å². The van der Waals surface area contributed by atoms with Crippen molar-refractivity contribution in [3.8, 4) is 11.5 Å². The molecule has 1 aromatic rings. The average molecular weight is 405 g/mol. The molecule has 162 valence electrons.